The number of aromatic nitrogens is 2. The first-order chi connectivity index (χ1) is 15.9. The van der Waals surface area contributed by atoms with Crippen molar-refractivity contribution in [2.45, 2.75) is 0 Å². The zero-order valence-electron chi connectivity index (χ0n) is 17.1. The third-order valence-corrected chi connectivity index (χ3v) is 7.54. The van der Waals surface area contributed by atoms with Crippen LogP contribution in [-0.4, -0.2) is 4.57 Å². The van der Waals surface area contributed by atoms with Crippen LogP contribution in [0.3, 0.4) is 0 Å². The molecule has 0 aliphatic heterocycles. The number of hydrogen-bond donors (Lipinski definition) is 0. The standard InChI is InChI=1S/C27H19N2S3/c1-3-7-23(8-4-1)28-25(20-11-14-30-17-20)26(21-12-15-31-18-21)29(24-9-5-2-6-10-24)27(28)22-13-16-32-19-22/h1-19H/q+1. The maximum atomic E-state index is 2.42. The van der Waals surface area contributed by atoms with Crippen LogP contribution < -0.4 is 4.57 Å². The SMILES string of the molecule is c1ccc(-n2c(-c3ccsc3)c(-c3ccsc3)[n+](-c3ccccc3)c2-c2ccsc2)cc1. The number of hydrogen-bond acceptors (Lipinski definition) is 3. The molecule has 0 bridgehead atoms. The van der Waals surface area contributed by atoms with Gasteiger partial charge in [0.25, 0.3) is 0 Å². The summed E-state index contributed by atoms with van der Waals surface area (Å²) in [5.41, 5.74) is 8.39. The number of nitrogens with zero attached hydrogens (tertiary/aromatic N) is 2. The quantitative estimate of drug-likeness (QED) is 0.228. The molecule has 0 N–H and O–H groups in total. The van der Waals surface area contributed by atoms with E-state index in [2.05, 4.69) is 120 Å². The Morgan fingerprint density at radius 2 is 1.12 bits per heavy atom. The lowest BCUT2D eigenvalue weighted by atomic mass is 10.1. The number of benzene rings is 2. The minimum absolute atomic E-state index is 1.15. The summed E-state index contributed by atoms with van der Waals surface area (Å²) in [4.78, 5) is 0. The maximum absolute atomic E-state index is 2.42. The normalized spacial score (nSPS) is 11.1. The van der Waals surface area contributed by atoms with Crippen LogP contribution >= 0.6 is 34.0 Å². The molecule has 0 saturated heterocycles. The van der Waals surface area contributed by atoms with Crippen molar-refractivity contribution in [2.75, 3.05) is 0 Å². The molecule has 0 unspecified atom stereocenters. The molecule has 4 heterocycles. The summed E-state index contributed by atoms with van der Waals surface area (Å²) in [5.74, 6) is 1.16. The van der Waals surface area contributed by atoms with E-state index in [0.29, 0.717) is 0 Å². The summed E-state index contributed by atoms with van der Waals surface area (Å²) in [6.45, 7) is 0. The maximum Gasteiger partial charge on any atom is 0.301 e. The Morgan fingerprint density at radius 3 is 1.72 bits per heavy atom. The second-order valence-electron chi connectivity index (χ2n) is 7.40. The Hall–Kier alpha value is -3.25. The predicted molar refractivity (Wildman–Crippen MR) is 137 cm³/mol. The molecular weight excluding hydrogens is 449 g/mol. The van der Waals surface area contributed by atoms with Crippen LogP contribution in [-0.2, 0) is 0 Å². The Bertz CT molecular complexity index is 1330. The lowest BCUT2D eigenvalue weighted by molar-refractivity contribution is -0.571. The summed E-state index contributed by atoms with van der Waals surface area (Å²) < 4.78 is 4.84. The van der Waals surface area contributed by atoms with E-state index in [1.54, 1.807) is 34.0 Å². The van der Waals surface area contributed by atoms with Gasteiger partial charge in [-0.15, -0.1) is 0 Å². The van der Waals surface area contributed by atoms with Crippen LogP contribution in [0.15, 0.2) is 111 Å². The number of rotatable bonds is 5. The van der Waals surface area contributed by atoms with Crippen molar-refractivity contribution in [3.05, 3.63) is 111 Å². The molecule has 6 aromatic rings. The number of para-hydroxylation sites is 2. The molecule has 0 atom stereocenters. The second kappa shape index (κ2) is 8.36. The molecular formula is C27H19N2S3+. The Morgan fingerprint density at radius 1 is 0.562 bits per heavy atom. The fraction of sp³-hybridized carbons (Fsp3) is 0. The largest absolute Gasteiger partial charge is 0.301 e. The highest BCUT2D eigenvalue weighted by Crippen LogP contribution is 2.40. The number of thiophene rings is 3. The van der Waals surface area contributed by atoms with Crippen LogP contribution in [0.4, 0.5) is 0 Å². The minimum atomic E-state index is 1.15. The van der Waals surface area contributed by atoms with Crippen LogP contribution in [0.5, 0.6) is 0 Å². The highest BCUT2D eigenvalue weighted by Gasteiger charge is 2.36. The van der Waals surface area contributed by atoms with Gasteiger partial charge in [0.2, 0.25) is 0 Å². The van der Waals surface area contributed by atoms with Crippen molar-refractivity contribution in [2.24, 2.45) is 0 Å². The monoisotopic (exact) mass is 467 g/mol. The third-order valence-electron chi connectivity index (χ3n) is 5.49. The molecule has 154 valence electrons. The van der Waals surface area contributed by atoms with Crippen molar-refractivity contribution >= 4 is 34.0 Å². The summed E-state index contributed by atoms with van der Waals surface area (Å²) >= 11 is 5.20. The second-order valence-corrected chi connectivity index (χ2v) is 9.74. The molecule has 6 rings (SSSR count). The molecule has 0 amide bonds. The molecule has 0 radical (unpaired) electrons. The molecule has 2 aromatic carbocycles. The smallest absolute Gasteiger partial charge is 0.187 e. The van der Waals surface area contributed by atoms with Crippen molar-refractivity contribution in [1.82, 2.24) is 4.57 Å². The van der Waals surface area contributed by atoms with E-state index in [9.17, 15) is 0 Å². The van der Waals surface area contributed by atoms with Crippen molar-refractivity contribution in [3.63, 3.8) is 0 Å². The van der Waals surface area contributed by atoms with E-state index >= 15 is 0 Å². The van der Waals surface area contributed by atoms with Crippen LogP contribution in [0.2, 0.25) is 0 Å². The highest BCUT2D eigenvalue weighted by atomic mass is 32.1. The predicted octanol–water partition coefficient (Wildman–Crippen LogP) is 7.94. The Labute approximate surface area is 198 Å². The van der Waals surface area contributed by atoms with E-state index in [4.69, 9.17) is 0 Å². The van der Waals surface area contributed by atoms with Gasteiger partial charge in [-0.25, -0.2) is 0 Å². The summed E-state index contributed by atoms with van der Waals surface area (Å²) in [7, 11) is 0. The lowest BCUT2D eigenvalue weighted by Gasteiger charge is -2.05. The molecule has 0 aliphatic rings. The van der Waals surface area contributed by atoms with Crippen molar-refractivity contribution in [3.8, 4) is 45.3 Å². The molecule has 4 aromatic heterocycles. The lowest BCUT2D eigenvalue weighted by Crippen LogP contribution is -2.34. The molecule has 2 nitrogen and oxygen atoms in total. The fourth-order valence-corrected chi connectivity index (χ4v) is 6.08. The average Bonchev–Trinajstić information content (AvgIpc) is 3.65. The van der Waals surface area contributed by atoms with Gasteiger partial charge in [-0.3, -0.25) is 0 Å². The minimum Gasteiger partial charge on any atom is -0.187 e. The molecule has 32 heavy (non-hydrogen) atoms. The number of imidazole rings is 1. The first kappa shape index (κ1) is 19.4. The van der Waals surface area contributed by atoms with Crippen LogP contribution in [0.25, 0.3) is 45.3 Å². The summed E-state index contributed by atoms with van der Waals surface area (Å²) in [6, 6.07) is 28.0. The zero-order chi connectivity index (χ0) is 21.3. The topological polar surface area (TPSA) is 8.81 Å². The third kappa shape index (κ3) is 3.26. The molecule has 5 heteroatoms. The highest BCUT2D eigenvalue weighted by molar-refractivity contribution is 7.08. The van der Waals surface area contributed by atoms with Crippen molar-refractivity contribution in [1.29, 1.82) is 0 Å². The molecule has 0 saturated carbocycles. The van der Waals surface area contributed by atoms with Gasteiger partial charge in [-0.2, -0.15) is 43.1 Å². The molecule has 0 spiro atoms. The van der Waals surface area contributed by atoms with Crippen LogP contribution in [0, 0.1) is 0 Å². The van der Waals surface area contributed by atoms with Gasteiger partial charge in [-0.1, -0.05) is 36.4 Å². The van der Waals surface area contributed by atoms with E-state index < -0.39 is 0 Å². The zero-order valence-corrected chi connectivity index (χ0v) is 19.5. The van der Waals surface area contributed by atoms with Gasteiger partial charge in [0, 0.05) is 27.3 Å². The van der Waals surface area contributed by atoms with E-state index in [1.165, 1.54) is 28.1 Å². The van der Waals surface area contributed by atoms with Gasteiger partial charge in [0.15, 0.2) is 11.4 Å². The summed E-state index contributed by atoms with van der Waals surface area (Å²) in [6.07, 6.45) is 0. The van der Waals surface area contributed by atoms with Crippen molar-refractivity contribution < 1.29 is 4.57 Å². The average molecular weight is 468 g/mol. The van der Waals surface area contributed by atoms with Gasteiger partial charge in [-0.05, 0) is 58.6 Å². The van der Waals surface area contributed by atoms with Gasteiger partial charge < -0.3 is 0 Å². The Kier molecular flexibility index (Phi) is 5.07. The van der Waals surface area contributed by atoms with Gasteiger partial charge in [0.1, 0.15) is 11.4 Å². The molecule has 0 aliphatic carbocycles. The molecule has 0 fully saturated rings. The van der Waals surface area contributed by atoms with Gasteiger partial charge >= 0.3 is 5.82 Å². The van der Waals surface area contributed by atoms with E-state index in [-0.39, 0.29) is 0 Å². The van der Waals surface area contributed by atoms with Gasteiger partial charge in [0.05, 0.1) is 5.56 Å². The van der Waals surface area contributed by atoms with Crippen LogP contribution in [0.1, 0.15) is 0 Å². The van der Waals surface area contributed by atoms with E-state index in [0.717, 1.165) is 17.2 Å². The summed E-state index contributed by atoms with van der Waals surface area (Å²) in [5, 5.41) is 13.2. The first-order valence-electron chi connectivity index (χ1n) is 10.3. The fourth-order valence-electron chi connectivity index (χ4n) is 4.16. The first-order valence-corrected chi connectivity index (χ1v) is 13.1. The Balaban J connectivity index is 1.84. The van der Waals surface area contributed by atoms with E-state index in [1.807, 2.05) is 0 Å².